The number of carbonyl (C=O) groups is 1. The van der Waals surface area contributed by atoms with Crippen molar-refractivity contribution in [1.29, 1.82) is 0 Å². The van der Waals surface area contributed by atoms with E-state index in [1.165, 1.54) is 16.3 Å². The van der Waals surface area contributed by atoms with Crippen LogP contribution in [0.1, 0.15) is 5.56 Å². The monoisotopic (exact) mass is 244 g/mol. The Morgan fingerprint density at radius 3 is 2.78 bits per heavy atom. The summed E-state index contributed by atoms with van der Waals surface area (Å²) >= 11 is 0. The molecule has 0 radical (unpaired) electrons. The van der Waals surface area contributed by atoms with Crippen molar-refractivity contribution in [2.45, 2.75) is 6.54 Å². The zero-order chi connectivity index (χ0) is 12.8. The average Bonchev–Trinajstić information content (AvgIpc) is 2.38. The van der Waals surface area contributed by atoms with Crippen molar-refractivity contribution in [3.05, 3.63) is 48.0 Å². The van der Waals surface area contributed by atoms with Gasteiger partial charge in [0.25, 0.3) is 0 Å². The topological polar surface area (TPSA) is 64.4 Å². The summed E-state index contributed by atoms with van der Waals surface area (Å²) in [6, 6.07) is 14.5. The van der Waals surface area contributed by atoms with Gasteiger partial charge in [0.2, 0.25) is 0 Å². The third-order valence-electron chi connectivity index (χ3n) is 2.72. The summed E-state index contributed by atoms with van der Waals surface area (Å²) in [5.74, 6) is 0. The lowest BCUT2D eigenvalue weighted by Gasteiger charge is -2.08. The summed E-state index contributed by atoms with van der Waals surface area (Å²) in [4.78, 5) is 10.4. The van der Waals surface area contributed by atoms with Crippen LogP contribution in [0.4, 0.5) is 4.79 Å². The fourth-order valence-corrected chi connectivity index (χ4v) is 1.89. The quantitative estimate of drug-likeness (QED) is 0.791. The first kappa shape index (κ1) is 12.4. The van der Waals surface area contributed by atoms with Gasteiger partial charge in [-0.05, 0) is 16.3 Å². The Kier molecular flexibility index (Phi) is 4.15. The van der Waals surface area contributed by atoms with Crippen LogP contribution in [0, 0.1) is 0 Å². The SMILES string of the molecule is NC(=O)OCCNCc1cccc2ccccc12. The van der Waals surface area contributed by atoms with Gasteiger partial charge in [0, 0.05) is 13.1 Å². The van der Waals surface area contributed by atoms with E-state index in [1.807, 2.05) is 18.2 Å². The first-order valence-corrected chi connectivity index (χ1v) is 5.87. The first-order chi connectivity index (χ1) is 8.77. The molecule has 4 heteroatoms. The molecule has 0 bridgehead atoms. The van der Waals surface area contributed by atoms with E-state index in [0.717, 1.165) is 6.54 Å². The van der Waals surface area contributed by atoms with Gasteiger partial charge in [0.1, 0.15) is 6.61 Å². The van der Waals surface area contributed by atoms with E-state index in [1.54, 1.807) is 0 Å². The Morgan fingerprint density at radius 2 is 1.94 bits per heavy atom. The van der Waals surface area contributed by atoms with Crippen LogP contribution in [0.2, 0.25) is 0 Å². The summed E-state index contributed by atoms with van der Waals surface area (Å²) in [6.07, 6.45) is -0.734. The fourth-order valence-electron chi connectivity index (χ4n) is 1.89. The summed E-state index contributed by atoms with van der Waals surface area (Å²) < 4.78 is 4.64. The Morgan fingerprint density at radius 1 is 1.17 bits per heavy atom. The fraction of sp³-hybridized carbons (Fsp3) is 0.214. The third-order valence-corrected chi connectivity index (χ3v) is 2.72. The molecule has 2 aromatic rings. The number of nitrogens with one attached hydrogen (secondary N) is 1. The minimum Gasteiger partial charge on any atom is -0.448 e. The van der Waals surface area contributed by atoms with Gasteiger partial charge in [-0.25, -0.2) is 4.79 Å². The molecule has 2 aromatic carbocycles. The largest absolute Gasteiger partial charge is 0.448 e. The van der Waals surface area contributed by atoms with Gasteiger partial charge in [-0.2, -0.15) is 0 Å². The van der Waals surface area contributed by atoms with Gasteiger partial charge >= 0.3 is 6.09 Å². The lowest BCUT2D eigenvalue weighted by Crippen LogP contribution is -2.23. The lowest BCUT2D eigenvalue weighted by atomic mass is 10.0. The molecule has 4 nitrogen and oxygen atoms in total. The number of amides is 1. The zero-order valence-corrected chi connectivity index (χ0v) is 10.1. The zero-order valence-electron chi connectivity index (χ0n) is 10.1. The van der Waals surface area contributed by atoms with Crippen LogP contribution in [0.25, 0.3) is 10.8 Å². The minimum absolute atomic E-state index is 0.292. The molecule has 0 atom stereocenters. The molecular weight excluding hydrogens is 228 g/mol. The number of fused-ring (bicyclic) bond motifs is 1. The van der Waals surface area contributed by atoms with E-state index < -0.39 is 6.09 Å². The van der Waals surface area contributed by atoms with Gasteiger partial charge in [-0.1, -0.05) is 42.5 Å². The second-order valence-corrected chi connectivity index (χ2v) is 3.98. The van der Waals surface area contributed by atoms with Crippen molar-refractivity contribution in [2.75, 3.05) is 13.2 Å². The molecule has 0 unspecified atom stereocenters. The maximum atomic E-state index is 10.4. The first-order valence-electron chi connectivity index (χ1n) is 5.87. The van der Waals surface area contributed by atoms with Gasteiger partial charge in [-0.3, -0.25) is 0 Å². The Labute approximate surface area is 106 Å². The highest BCUT2D eigenvalue weighted by Gasteiger charge is 1.99. The molecule has 0 saturated heterocycles. The molecule has 1 amide bonds. The number of hydrogen-bond acceptors (Lipinski definition) is 3. The smallest absolute Gasteiger partial charge is 0.404 e. The lowest BCUT2D eigenvalue weighted by molar-refractivity contribution is 0.157. The molecule has 2 rings (SSSR count). The number of benzene rings is 2. The summed E-state index contributed by atoms with van der Waals surface area (Å²) in [5.41, 5.74) is 6.10. The van der Waals surface area contributed by atoms with E-state index in [2.05, 4.69) is 34.3 Å². The van der Waals surface area contributed by atoms with Crippen molar-refractivity contribution in [1.82, 2.24) is 5.32 Å². The molecule has 0 heterocycles. The molecule has 18 heavy (non-hydrogen) atoms. The Balaban J connectivity index is 1.93. The predicted octanol–water partition coefficient (Wildman–Crippen LogP) is 2.02. The van der Waals surface area contributed by atoms with E-state index in [4.69, 9.17) is 5.73 Å². The third kappa shape index (κ3) is 3.21. The Hall–Kier alpha value is -2.07. The van der Waals surface area contributed by atoms with E-state index in [-0.39, 0.29) is 0 Å². The van der Waals surface area contributed by atoms with Crippen LogP contribution >= 0.6 is 0 Å². The molecule has 0 fully saturated rings. The van der Waals surface area contributed by atoms with Crippen LogP contribution < -0.4 is 11.1 Å². The molecule has 0 aromatic heterocycles. The standard InChI is InChI=1S/C14H16N2O2/c15-14(17)18-9-8-16-10-12-6-3-5-11-4-1-2-7-13(11)12/h1-7,16H,8-10H2,(H2,15,17). The van der Waals surface area contributed by atoms with Gasteiger partial charge in [0.05, 0.1) is 0 Å². The van der Waals surface area contributed by atoms with Gasteiger partial charge in [0.15, 0.2) is 0 Å². The maximum absolute atomic E-state index is 10.4. The number of ether oxygens (including phenoxy) is 1. The van der Waals surface area contributed by atoms with Gasteiger partial charge < -0.3 is 15.8 Å². The van der Waals surface area contributed by atoms with Crippen LogP contribution in [0.3, 0.4) is 0 Å². The molecule has 0 aliphatic carbocycles. The molecule has 0 saturated carbocycles. The molecule has 3 N–H and O–H groups in total. The van der Waals surface area contributed by atoms with E-state index in [0.29, 0.717) is 13.2 Å². The number of rotatable bonds is 5. The molecular formula is C14H16N2O2. The normalized spacial score (nSPS) is 10.4. The van der Waals surface area contributed by atoms with Crippen molar-refractivity contribution in [3.63, 3.8) is 0 Å². The summed E-state index contributed by atoms with van der Waals surface area (Å²) in [5, 5.41) is 5.68. The predicted molar refractivity (Wildman–Crippen MR) is 71.2 cm³/mol. The number of hydrogen-bond donors (Lipinski definition) is 2. The number of carbonyl (C=O) groups excluding carboxylic acids is 1. The van der Waals surface area contributed by atoms with Crippen LogP contribution in [0.15, 0.2) is 42.5 Å². The van der Waals surface area contributed by atoms with E-state index in [9.17, 15) is 4.79 Å². The second kappa shape index (κ2) is 6.02. The molecule has 0 aliphatic heterocycles. The maximum Gasteiger partial charge on any atom is 0.404 e. The highest BCUT2D eigenvalue weighted by molar-refractivity contribution is 5.85. The van der Waals surface area contributed by atoms with Crippen LogP contribution in [-0.2, 0) is 11.3 Å². The van der Waals surface area contributed by atoms with Gasteiger partial charge in [-0.15, -0.1) is 0 Å². The second-order valence-electron chi connectivity index (χ2n) is 3.98. The van der Waals surface area contributed by atoms with Crippen LogP contribution in [-0.4, -0.2) is 19.2 Å². The average molecular weight is 244 g/mol. The Bertz CT molecular complexity index is 535. The van der Waals surface area contributed by atoms with Crippen LogP contribution in [0.5, 0.6) is 0 Å². The molecule has 0 spiro atoms. The van der Waals surface area contributed by atoms with Crippen molar-refractivity contribution < 1.29 is 9.53 Å². The minimum atomic E-state index is -0.734. The number of nitrogens with two attached hydrogens (primary N) is 1. The summed E-state index contributed by atoms with van der Waals surface area (Å²) in [7, 11) is 0. The van der Waals surface area contributed by atoms with Crippen molar-refractivity contribution in [2.24, 2.45) is 5.73 Å². The highest BCUT2D eigenvalue weighted by atomic mass is 16.5. The molecule has 0 aliphatic rings. The van der Waals surface area contributed by atoms with E-state index >= 15 is 0 Å². The number of primary amides is 1. The summed E-state index contributed by atoms with van der Waals surface area (Å²) in [6.45, 7) is 1.62. The molecule has 94 valence electrons. The highest BCUT2D eigenvalue weighted by Crippen LogP contribution is 2.17. The van der Waals surface area contributed by atoms with Crippen molar-refractivity contribution in [3.8, 4) is 0 Å². The van der Waals surface area contributed by atoms with Crippen molar-refractivity contribution >= 4 is 16.9 Å².